The molecule has 4 heterocycles. The fourth-order valence-electron chi connectivity index (χ4n) is 3.33. The molecule has 4 rings (SSSR count). The molecule has 0 saturated carbocycles. The summed E-state index contributed by atoms with van der Waals surface area (Å²) in [5.74, 6) is -2.13. The first-order valence-corrected chi connectivity index (χ1v) is 11.9. The van der Waals surface area contributed by atoms with Gasteiger partial charge in [0.05, 0.1) is 6.42 Å². The monoisotopic (exact) mass is 499 g/mol. The number of carbonyl (C=O) groups is 3. The van der Waals surface area contributed by atoms with Crippen molar-refractivity contribution >= 4 is 52.6 Å². The molecule has 1 fully saturated rings. The first kappa shape index (κ1) is 22.6. The molecule has 2 aromatic heterocycles. The van der Waals surface area contributed by atoms with Crippen molar-refractivity contribution in [3.8, 4) is 5.88 Å². The Kier molecular flexibility index (Phi) is 6.15. The number of hydrogen-bond donors (Lipinski definition) is 3. The van der Waals surface area contributed by atoms with E-state index in [4.69, 9.17) is 9.26 Å². The Labute approximate surface area is 193 Å². The first-order valence-electron chi connectivity index (χ1n) is 9.09. The Morgan fingerprint density at radius 3 is 2.84 bits per heavy atom. The van der Waals surface area contributed by atoms with Crippen molar-refractivity contribution in [3.05, 3.63) is 28.1 Å². The van der Waals surface area contributed by atoms with Crippen molar-refractivity contribution in [2.45, 2.75) is 28.8 Å². The van der Waals surface area contributed by atoms with Crippen LogP contribution in [0.2, 0.25) is 0 Å². The van der Waals surface area contributed by atoms with Gasteiger partial charge >= 0.3 is 5.97 Å². The van der Waals surface area contributed by atoms with Gasteiger partial charge in [-0.25, -0.2) is 4.79 Å². The lowest BCUT2D eigenvalue weighted by Crippen LogP contribution is -2.80. The zero-order chi connectivity index (χ0) is 23.0. The van der Waals surface area contributed by atoms with Crippen molar-refractivity contribution in [2.75, 3.05) is 18.6 Å². The molecule has 2 aromatic rings. The predicted molar refractivity (Wildman–Crippen MR) is 113 cm³/mol. The summed E-state index contributed by atoms with van der Waals surface area (Å²) in [5, 5.41) is 32.9. The van der Waals surface area contributed by atoms with Gasteiger partial charge in [0.15, 0.2) is 4.34 Å². The van der Waals surface area contributed by atoms with Gasteiger partial charge in [0.2, 0.25) is 5.91 Å². The highest BCUT2D eigenvalue weighted by Gasteiger charge is 2.66. The molecule has 12 nitrogen and oxygen atoms in total. The molecule has 2 aliphatic heterocycles. The number of amides is 2. The number of hydrogen-bond acceptors (Lipinski definition) is 12. The summed E-state index contributed by atoms with van der Waals surface area (Å²) in [6.07, 6.45) is -0.284. The van der Waals surface area contributed by atoms with Crippen LogP contribution in [0.25, 0.3) is 0 Å². The second kappa shape index (κ2) is 8.73. The minimum Gasteiger partial charge on any atom is -0.491 e. The summed E-state index contributed by atoms with van der Waals surface area (Å²) in [6.45, 7) is 1.83. The van der Waals surface area contributed by atoms with Crippen molar-refractivity contribution < 1.29 is 33.9 Å². The van der Waals surface area contributed by atoms with Crippen LogP contribution < -0.4 is 5.32 Å². The highest BCUT2D eigenvalue weighted by atomic mass is 32.2. The number of carboxylic acid groups (broad SMARTS) is 1. The van der Waals surface area contributed by atoms with Crippen LogP contribution >= 0.6 is 34.9 Å². The highest BCUT2D eigenvalue weighted by molar-refractivity contribution is 8.01. The van der Waals surface area contributed by atoms with E-state index in [1.807, 2.05) is 6.92 Å². The van der Waals surface area contributed by atoms with Gasteiger partial charge in [-0.1, -0.05) is 23.1 Å². The van der Waals surface area contributed by atoms with E-state index in [0.29, 0.717) is 21.4 Å². The first-order chi connectivity index (χ1) is 15.2. The highest BCUT2D eigenvalue weighted by Crippen LogP contribution is 2.47. The number of thioether (sulfide) groups is 2. The number of carbonyl (C=O) groups excluding carboxylic acids is 2. The number of nitrogens with one attached hydrogen (secondary N) is 1. The average molecular weight is 500 g/mol. The Morgan fingerprint density at radius 1 is 1.47 bits per heavy atom. The largest absolute Gasteiger partial charge is 0.491 e. The summed E-state index contributed by atoms with van der Waals surface area (Å²) in [7, 11) is 1.27. The summed E-state index contributed by atoms with van der Waals surface area (Å²) < 4.78 is 10.9. The van der Waals surface area contributed by atoms with E-state index in [1.54, 1.807) is 0 Å². The number of ether oxygens (including phenoxy) is 1. The molecule has 170 valence electrons. The van der Waals surface area contributed by atoms with E-state index in [0.717, 1.165) is 9.91 Å². The molecule has 32 heavy (non-hydrogen) atoms. The van der Waals surface area contributed by atoms with Crippen molar-refractivity contribution in [2.24, 2.45) is 0 Å². The lowest BCUT2D eigenvalue weighted by atomic mass is 9.98. The normalized spacial score (nSPS) is 22.5. The quantitative estimate of drug-likeness (QED) is 0.263. The third kappa shape index (κ3) is 3.96. The van der Waals surface area contributed by atoms with E-state index in [9.17, 15) is 24.6 Å². The van der Waals surface area contributed by atoms with E-state index in [-0.39, 0.29) is 23.8 Å². The maximum absolute atomic E-state index is 13.1. The number of methoxy groups -OCH3 is 1. The van der Waals surface area contributed by atoms with Crippen LogP contribution in [-0.2, 0) is 25.5 Å². The molecular formula is C17H17N5O7S3. The molecule has 0 radical (unpaired) electrons. The van der Waals surface area contributed by atoms with Crippen LogP contribution in [0.4, 0.5) is 0 Å². The molecule has 0 bridgehead atoms. The van der Waals surface area contributed by atoms with Crippen molar-refractivity contribution in [3.63, 3.8) is 0 Å². The molecule has 0 unspecified atom stereocenters. The summed E-state index contributed by atoms with van der Waals surface area (Å²) in [4.78, 5) is 38.7. The van der Waals surface area contributed by atoms with Crippen LogP contribution in [0.3, 0.4) is 0 Å². The van der Waals surface area contributed by atoms with Crippen LogP contribution in [0, 0.1) is 6.92 Å². The Morgan fingerprint density at radius 2 is 2.25 bits per heavy atom. The molecular weight excluding hydrogens is 482 g/mol. The molecule has 0 aliphatic carbocycles. The topological polar surface area (TPSA) is 168 Å². The minimum atomic E-state index is -1.71. The zero-order valence-corrected chi connectivity index (χ0v) is 19.2. The second-order valence-corrected chi connectivity index (χ2v) is 10.3. The lowest BCUT2D eigenvalue weighted by molar-refractivity contribution is -0.192. The fraction of sp³-hybridized carbons (Fsp3) is 0.412. The zero-order valence-electron chi connectivity index (χ0n) is 16.7. The van der Waals surface area contributed by atoms with Gasteiger partial charge in [0, 0.05) is 24.7 Å². The number of β-lactam (4-membered cyclic amide) rings is 1. The number of aromatic hydroxyl groups is 1. The van der Waals surface area contributed by atoms with Gasteiger partial charge in [-0.05, 0) is 17.7 Å². The number of nitrogens with zero attached hydrogens (tertiary/aromatic N) is 4. The van der Waals surface area contributed by atoms with Gasteiger partial charge in [-0.2, -0.15) is 0 Å². The van der Waals surface area contributed by atoms with Crippen LogP contribution in [-0.4, -0.2) is 78.0 Å². The van der Waals surface area contributed by atoms with E-state index < -0.39 is 28.9 Å². The Bertz CT molecular complexity index is 1120. The molecule has 2 amide bonds. The number of aliphatic carboxylic acids is 1. The Balaban J connectivity index is 1.51. The summed E-state index contributed by atoms with van der Waals surface area (Å²) in [6, 6.07) is 1.18. The summed E-state index contributed by atoms with van der Waals surface area (Å²) >= 11 is 4.05. The molecule has 0 spiro atoms. The molecule has 3 N–H and O–H groups in total. The lowest BCUT2D eigenvalue weighted by Gasteiger charge is -2.55. The van der Waals surface area contributed by atoms with E-state index in [2.05, 4.69) is 20.7 Å². The minimum absolute atomic E-state index is 0.100. The van der Waals surface area contributed by atoms with Crippen LogP contribution in [0.1, 0.15) is 10.8 Å². The van der Waals surface area contributed by atoms with E-state index >= 15 is 0 Å². The van der Waals surface area contributed by atoms with Gasteiger partial charge in [-0.15, -0.1) is 22.0 Å². The molecule has 1 saturated heterocycles. The van der Waals surface area contributed by atoms with Gasteiger partial charge in [0.25, 0.3) is 17.5 Å². The molecule has 2 aliphatic rings. The van der Waals surface area contributed by atoms with Gasteiger partial charge in [-0.3, -0.25) is 14.5 Å². The number of carboxylic acids is 1. The number of aromatic nitrogens is 3. The van der Waals surface area contributed by atoms with Gasteiger partial charge < -0.3 is 24.8 Å². The average Bonchev–Trinajstić information content (AvgIpc) is 3.36. The van der Waals surface area contributed by atoms with Crippen molar-refractivity contribution in [1.29, 1.82) is 0 Å². The predicted octanol–water partition coefficient (Wildman–Crippen LogP) is 0.588. The second-order valence-electron chi connectivity index (χ2n) is 6.79. The smallest absolute Gasteiger partial charge is 0.352 e. The molecule has 0 aromatic carbocycles. The van der Waals surface area contributed by atoms with Crippen LogP contribution in [0.5, 0.6) is 5.88 Å². The van der Waals surface area contributed by atoms with E-state index in [1.165, 1.54) is 48.0 Å². The number of fused-ring (bicyclic) bond motifs is 1. The SMILES string of the molecule is CO[C@@]1(NC(=O)Cc2cc(O)no2)C(=O)N2C(C(=O)O)=C(CSc3nnc(C)s3)CS[C@H]21. The third-order valence-electron chi connectivity index (χ3n) is 4.72. The maximum Gasteiger partial charge on any atom is 0.352 e. The fourth-order valence-corrected chi connectivity index (χ4v) is 6.73. The number of rotatable bonds is 8. The molecule has 15 heteroatoms. The van der Waals surface area contributed by atoms with Crippen LogP contribution in [0.15, 0.2) is 26.2 Å². The maximum atomic E-state index is 13.1. The van der Waals surface area contributed by atoms with Crippen molar-refractivity contribution in [1.82, 2.24) is 25.6 Å². The third-order valence-corrected chi connectivity index (χ3v) is 8.15. The van der Waals surface area contributed by atoms with Gasteiger partial charge in [0.1, 0.15) is 21.8 Å². The number of aryl methyl sites for hydroxylation is 1. The molecule has 2 atom stereocenters. The summed E-state index contributed by atoms with van der Waals surface area (Å²) in [5.41, 5.74) is -1.26. The Hall–Kier alpha value is -2.62. The standard InChI is InChI=1S/C17H17N5O7S3/c1-7-19-20-16(32-7)31-6-8-5-30-15-17(28-2,14(27)22(15)12(8)13(25)26)18-10(23)3-9-4-11(24)21-29-9/h4,15H,3,5-6H2,1-2H3,(H,18,23)(H,21,24)(H,25,26)/t15-,17-/m0/s1.